The summed E-state index contributed by atoms with van der Waals surface area (Å²) in [7, 11) is 0. The second kappa shape index (κ2) is 3.06. The van der Waals surface area contributed by atoms with E-state index in [1.54, 1.807) is 5.01 Å². The minimum absolute atomic E-state index is 0.0143. The topological polar surface area (TPSA) is 58.4 Å². The fraction of sp³-hybridized carbons (Fsp3) is 0.222. The molecular weight excluding hydrogens is 166 g/mol. The van der Waals surface area contributed by atoms with Crippen LogP contribution < -0.4 is 16.2 Å². The van der Waals surface area contributed by atoms with Gasteiger partial charge in [0.05, 0.1) is 11.4 Å². The molecular formula is C9H11N3O. The number of hydrazine groups is 1. The number of nitrogens with zero attached hydrogens (tertiary/aromatic N) is 1. The number of fused-ring (bicyclic) bond motifs is 1. The number of para-hydroxylation sites is 2. The molecule has 1 aromatic rings. The Morgan fingerprint density at radius 1 is 1.38 bits per heavy atom. The summed E-state index contributed by atoms with van der Waals surface area (Å²) in [6.45, 7) is 0.558. The number of amides is 1. The molecule has 4 heteroatoms. The van der Waals surface area contributed by atoms with Gasteiger partial charge in [-0.2, -0.15) is 0 Å². The van der Waals surface area contributed by atoms with Crippen molar-refractivity contribution in [3.8, 4) is 0 Å². The molecule has 0 radical (unpaired) electrons. The Morgan fingerprint density at radius 3 is 3.00 bits per heavy atom. The monoisotopic (exact) mass is 177 g/mol. The van der Waals surface area contributed by atoms with Crippen LogP contribution in [0.3, 0.4) is 0 Å². The van der Waals surface area contributed by atoms with Crippen LogP contribution in [0.2, 0.25) is 0 Å². The maximum absolute atomic E-state index is 11.2. The highest BCUT2D eigenvalue weighted by molar-refractivity contribution is 5.95. The highest BCUT2D eigenvalue weighted by atomic mass is 16.1. The number of nitrogens with two attached hydrogens (primary N) is 1. The second-order valence-corrected chi connectivity index (χ2v) is 3.01. The fourth-order valence-electron chi connectivity index (χ4n) is 1.38. The first-order valence-corrected chi connectivity index (χ1v) is 4.18. The molecule has 0 aliphatic carbocycles. The van der Waals surface area contributed by atoms with E-state index in [2.05, 4.69) is 5.32 Å². The van der Waals surface area contributed by atoms with E-state index in [1.807, 2.05) is 24.3 Å². The minimum Gasteiger partial charge on any atom is -0.324 e. The number of rotatable bonds is 0. The molecule has 1 heterocycles. The van der Waals surface area contributed by atoms with Crippen molar-refractivity contribution in [1.29, 1.82) is 0 Å². The van der Waals surface area contributed by atoms with E-state index in [0.29, 0.717) is 13.0 Å². The zero-order valence-electron chi connectivity index (χ0n) is 7.16. The van der Waals surface area contributed by atoms with Gasteiger partial charge in [0.15, 0.2) is 0 Å². The van der Waals surface area contributed by atoms with Crippen molar-refractivity contribution in [2.45, 2.75) is 6.42 Å². The zero-order valence-corrected chi connectivity index (χ0v) is 7.16. The number of benzene rings is 1. The normalized spacial score (nSPS) is 16.1. The van der Waals surface area contributed by atoms with Gasteiger partial charge < -0.3 is 10.3 Å². The molecule has 0 bridgehead atoms. The van der Waals surface area contributed by atoms with Crippen LogP contribution in [0.4, 0.5) is 11.4 Å². The maximum Gasteiger partial charge on any atom is 0.226 e. The van der Waals surface area contributed by atoms with Crippen molar-refractivity contribution in [3.05, 3.63) is 24.3 Å². The van der Waals surface area contributed by atoms with Crippen molar-refractivity contribution in [1.82, 2.24) is 0 Å². The molecule has 0 saturated carbocycles. The molecule has 68 valence electrons. The summed E-state index contributed by atoms with van der Waals surface area (Å²) in [5.74, 6) is 5.76. The van der Waals surface area contributed by atoms with Gasteiger partial charge in [0.1, 0.15) is 0 Å². The van der Waals surface area contributed by atoms with E-state index in [-0.39, 0.29) is 5.91 Å². The van der Waals surface area contributed by atoms with E-state index in [0.717, 1.165) is 11.4 Å². The van der Waals surface area contributed by atoms with E-state index < -0.39 is 0 Å². The van der Waals surface area contributed by atoms with Gasteiger partial charge in [-0.15, -0.1) is 0 Å². The molecule has 0 spiro atoms. The maximum atomic E-state index is 11.2. The molecule has 0 aromatic heterocycles. The van der Waals surface area contributed by atoms with Crippen molar-refractivity contribution in [3.63, 3.8) is 0 Å². The predicted octanol–water partition coefficient (Wildman–Crippen LogP) is 0.709. The lowest BCUT2D eigenvalue weighted by atomic mass is 10.2. The molecule has 1 aliphatic heterocycles. The molecule has 1 aromatic carbocycles. The van der Waals surface area contributed by atoms with Gasteiger partial charge in [0.2, 0.25) is 5.91 Å². The Bertz CT molecular complexity index is 337. The summed E-state index contributed by atoms with van der Waals surface area (Å²) >= 11 is 0. The average molecular weight is 177 g/mol. The van der Waals surface area contributed by atoms with Crippen molar-refractivity contribution in [2.24, 2.45) is 5.84 Å². The number of carbonyl (C=O) groups is 1. The lowest BCUT2D eigenvalue weighted by Crippen LogP contribution is -2.31. The molecule has 0 atom stereocenters. The summed E-state index contributed by atoms with van der Waals surface area (Å²) in [5.41, 5.74) is 1.65. The molecule has 0 saturated heterocycles. The SMILES string of the molecule is NN1CCC(=O)Nc2ccccc21. The number of anilines is 2. The summed E-state index contributed by atoms with van der Waals surface area (Å²) in [6, 6.07) is 7.51. The Labute approximate surface area is 76.3 Å². The van der Waals surface area contributed by atoms with Gasteiger partial charge in [-0.1, -0.05) is 12.1 Å². The van der Waals surface area contributed by atoms with Crippen LogP contribution in [0.1, 0.15) is 6.42 Å². The number of hydrogen-bond acceptors (Lipinski definition) is 3. The molecule has 4 nitrogen and oxygen atoms in total. The summed E-state index contributed by atoms with van der Waals surface area (Å²) in [5, 5.41) is 4.38. The lowest BCUT2D eigenvalue weighted by Gasteiger charge is -2.16. The third-order valence-corrected chi connectivity index (χ3v) is 2.07. The third kappa shape index (κ3) is 1.48. The lowest BCUT2D eigenvalue weighted by molar-refractivity contribution is -0.115. The summed E-state index contributed by atoms with van der Waals surface area (Å²) in [4.78, 5) is 11.2. The highest BCUT2D eigenvalue weighted by Gasteiger charge is 2.15. The van der Waals surface area contributed by atoms with Crippen LogP contribution in [0.5, 0.6) is 0 Å². The first-order chi connectivity index (χ1) is 6.27. The Morgan fingerprint density at radius 2 is 2.15 bits per heavy atom. The van der Waals surface area contributed by atoms with Crippen LogP contribution in [0.15, 0.2) is 24.3 Å². The largest absolute Gasteiger partial charge is 0.324 e. The van der Waals surface area contributed by atoms with Crippen molar-refractivity contribution in [2.75, 3.05) is 16.9 Å². The average Bonchev–Trinajstić information content (AvgIpc) is 2.27. The number of hydrogen-bond donors (Lipinski definition) is 2. The number of nitrogens with one attached hydrogen (secondary N) is 1. The van der Waals surface area contributed by atoms with E-state index >= 15 is 0 Å². The minimum atomic E-state index is 0.0143. The van der Waals surface area contributed by atoms with Crippen LogP contribution in [-0.2, 0) is 4.79 Å². The molecule has 2 rings (SSSR count). The van der Waals surface area contributed by atoms with Crippen LogP contribution in [0, 0.1) is 0 Å². The Kier molecular flexibility index (Phi) is 1.90. The molecule has 0 unspecified atom stereocenters. The first-order valence-electron chi connectivity index (χ1n) is 4.18. The van der Waals surface area contributed by atoms with E-state index in [9.17, 15) is 4.79 Å². The first kappa shape index (κ1) is 8.07. The van der Waals surface area contributed by atoms with Gasteiger partial charge in [0, 0.05) is 13.0 Å². The molecule has 1 aliphatic rings. The summed E-state index contributed by atoms with van der Waals surface area (Å²) in [6.07, 6.45) is 0.436. The molecule has 0 fully saturated rings. The van der Waals surface area contributed by atoms with Gasteiger partial charge in [0.25, 0.3) is 0 Å². The van der Waals surface area contributed by atoms with Gasteiger partial charge in [-0.05, 0) is 12.1 Å². The van der Waals surface area contributed by atoms with Crippen molar-refractivity contribution < 1.29 is 4.79 Å². The van der Waals surface area contributed by atoms with E-state index in [1.165, 1.54) is 0 Å². The number of carbonyl (C=O) groups excluding carboxylic acids is 1. The van der Waals surface area contributed by atoms with Crippen molar-refractivity contribution >= 4 is 17.3 Å². The predicted molar refractivity (Wildman–Crippen MR) is 51.2 cm³/mol. The molecule has 3 N–H and O–H groups in total. The summed E-state index contributed by atoms with van der Waals surface area (Å²) < 4.78 is 0. The standard InChI is InChI=1S/C9H11N3O/c10-12-6-5-9(13)11-7-3-1-2-4-8(7)12/h1-4H,5-6,10H2,(H,11,13). The van der Waals surface area contributed by atoms with Gasteiger partial charge in [-0.3, -0.25) is 4.79 Å². The molecule has 1 amide bonds. The second-order valence-electron chi connectivity index (χ2n) is 3.01. The van der Waals surface area contributed by atoms with Crippen LogP contribution >= 0.6 is 0 Å². The highest BCUT2D eigenvalue weighted by Crippen LogP contribution is 2.25. The fourth-order valence-corrected chi connectivity index (χ4v) is 1.38. The van der Waals surface area contributed by atoms with Crippen LogP contribution in [0.25, 0.3) is 0 Å². The zero-order chi connectivity index (χ0) is 9.26. The quantitative estimate of drug-likeness (QED) is 0.574. The molecule has 13 heavy (non-hydrogen) atoms. The Hall–Kier alpha value is -1.55. The Balaban J connectivity index is 2.43. The van der Waals surface area contributed by atoms with Gasteiger partial charge in [-0.25, -0.2) is 5.84 Å². The van der Waals surface area contributed by atoms with Crippen LogP contribution in [-0.4, -0.2) is 12.5 Å². The van der Waals surface area contributed by atoms with E-state index in [4.69, 9.17) is 5.84 Å². The smallest absolute Gasteiger partial charge is 0.226 e. The van der Waals surface area contributed by atoms with Gasteiger partial charge >= 0.3 is 0 Å². The third-order valence-electron chi connectivity index (χ3n) is 2.07.